The Morgan fingerprint density at radius 2 is 2.16 bits per heavy atom. The summed E-state index contributed by atoms with van der Waals surface area (Å²) in [5.41, 5.74) is 8.78. The second-order valence-electron chi connectivity index (χ2n) is 13.2. The quantitative estimate of drug-likeness (QED) is 0.189. The van der Waals surface area contributed by atoms with Crippen LogP contribution in [-0.2, 0) is 27.7 Å². The predicted molar refractivity (Wildman–Crippen MR) is 188 cm³/mol. The second-order valence-corrected chi connectivity index (χ2v) is 14.3. The Labute approximate surface area is 295 Å². The number of likely N-dealkylation sites (tertiary alicyclic amines) is 1. The molecule has 4 atom stereocenters. The minimum absolute atomic E-state index is 0.0103. The minimum Gasteiger partial charge on any atom is -0.473 e. The molecule has 266 valence electrons. The fourth-order valence-corrected chi connectivity index (χ4v) is 8.65. The molecule has 5 heterocycles. The number of nitrogens with one attached hydrogen (secondary N) is 1. The van der Waals surface area contributed by atoms with E-state index < -0.39 is 5.41 Å². The average Bonchev–Trinajstić information content (AvgIpc) is 3.90. The summed E-state index contributed by atoms with van der Waals surface area (Å²) in [6, 6.07) is 5.70. The van der Waals surface area contributed by atoms with Gasteiger partial charge in [0.15, 0.2) is 28.8 Å². The normalized spacial score (nSPS) is 21.1. The lowest BCUT2D eigenvalue weighted by molar-refractivity contribution is 0.0174. The maximum atomic E-state index is 12.8. The number of thiophene rings is 1. The van der Waals surface area contributed by atoms with Gasteiger partial charge in [-0.2, -0.15) is 15.3 Å². The number of carbonyl (C=O) groups excluding carboxylic acids is 1. The van der Waals surface area contributed by atoms with Crippen LogP contribution in [0.15, 0.2) is 22.9 Å². The standard InChI is InChI=1S/C35H45N9O5S/c1-7-9-21-29(42-49-31(21)35(3)13-8-10-25-28(35)22(19-36)32(37)50-25)33-39-26(44-16-11-23(41-44)34(45)38-14-17-46-5)18-27(40-33)48-20(2)30-24(47-6)12-15-43(30)4/h11,16,18,20,24,30H,7-10,12-15,17,37H2,1-6H3,(H,38,45)/t20-,24-,30+,35-/m0/s1. The van der Waals surface area contributed by atoms with Gasteiger partial charge in [0, 0.05) is 50.0 Å². The highest BCUT2D eigenvalue weighted by Gasteiger charge is 2.44. The van der Waals surface area contributed by atoms with Crippen molar-refractivity contribution >= 4 is 22.2 Å². The number of nitrogen functional groups attached to an aromatic ring is 1. The van der Waals surface area contributed by atoms with Crippen LogP contribution in [0.1, 0.15) is 84.3 Å². The Morgan fingerprint density at radius 1 is 1.34 bits per heavy atom. The first kappa shape index (κ1) is 35.5. The molecular weight excluding hydrogens is 659 g/mol. The molecule has 1 fully saturated rings. The smallest absolute Gasteiger partial charge is 0.271 e. The molecule has 2 aliphatic rings. The van der Waals surface area contributed by atoms with Crippen LogP contribution >= 0.6 is 11.3 Å². The molecule has 0 bridgehead atoms. The van der Waals surface area contributed by atoms with E-state index in [0.29, 0.717) is 59.1 Å². The number of hydrogen-bond acceptors (Lipinski definition) is 13. The van der Waals surface area contributed by atoms with Gasteiger partial charge < -0.3 is 29.8 Å². The van der Waals surface area contributed by atoms with Crippen LogP contribution in [0.4, 0.5) is 5.00 Å². The zero-order chi connectivity index (χ0) is 35.6. The SMILES string of the molecule is CCCc1c(-c2nc(O[C@@H](C)[C@@H]3[C@@H](OC)CCN3C)cc(-n3ccc(C(=O)NCCOC)n3)n2)noc1[C@@]1(C)CCCc2sc(N)c(C#N)c21. The van der Waals surface area contributed by atoms with Crippen LogP contribution in [0.2, 0.25) is 0 Å². The molecule has 1 aliphatic carbocycles. The van der Waals surface area contributed by atoms with Crippen molar-refractivity contribution in [2.24, 2.45) is 0 Å². The largest absolute Gasteiger partial charge is 0.473 e. The Morgan fingerprint density at radius 3 is 2.90 bits per heavy atom. The third kappa shape index (κ3) is 6.60. The number of aryl methyl sites for hydroxylation is 1. The Balaban J connectivity index is 1.44. The summed E-state index contributed by atoms with van der Waals surface area (Å²) in [4.78, 5) is 25.9. The number of nitriles is 1. The predicted octanol–water partition coefficient (Wildman–Crippen LogP) is 4.29. The second kappa shape index (κ2) is 14.9. The Bertz CT molecular complexity index is 1880. The van der Waals surface area contributed by atoms with Crippen LogP contribution in [0.5, 0.6) is 5.88 Å². The van der Waals surface area contributed by atoms with Crippen molar-refractivity contribution in [2.75, 3.05) is 46.7 Å². The molecule has 0 saturated carbocycles. The number of anilines is 1. The molecule has 4 aromatic heterocycles. The van der Waals surface area contributed by atoms with E-state index in [9.17, 15) is 10.1 Å². The summed E-state index contributed by atoms with van der Waals surface area (Å²) in [6.45, 7) is 7.86. The van der Waals surface area contributed by atoms with Gasteiger partial charge >= 0.3 is 0 Å². The van der Waals surface area contributed by atoms with E-state index in [2.05, 4.69) is 47.4 Å². The van der Waals surface area contributed by atoms with Gasteiger partial charge in [0.1, 0.15) is 17.2 Å². The first-order valence-corrected chi connectivity index (χ1v) is 17.9. The molecule has 1 aliphatic heterocycles. The van der Waals surface area contributed by atoms with Gasteiger partial charge in [0.05, 0.1) is 29.7 Å². The number of likely N-dealkylation sites (N-methyl/N-ethyl adjacent to an activating group) is 1. The number of methoxy groups -OCH3 is 2. The highest BCUT2D eigenvalue weighted by molar-refractivity contribution is 7.16. The maximum Gasteiger partial charge on any atom is 0.271 e. The fourth-order valence-electron chi connectivity index (χ4n) is 7.46. The number of amides is 1. The molecular formula is C35H45N9O5S. The summed E-state index contributed by atoms with van der Waals surface area (Å²) in [7, 11) is 5.36. The lowest BCUT2D eigenvalue weighted by Gasteiger charge is -2.33. The van der Waals surface area contributed by atoms with E-state index in [0.717, 1.165) is 54.7 Å². The monoisotopic (exact) mass is 703 g/mol. The maximum absolute atomic E-state index is 12.8. The molecule has 3 N–H and O–H groups in total. The molecule has 6 rings (SSSR count). The van der Waals surface area contributed by atoms with Crippen molar-refractivity contribution in [1.29, 1.82) is 5.26 Å². The molecule has 0 spiro atoms. The Kier molecular flexibility index (Phi) is 10.5. The van der Waals surface area contributed by atoms with Crippen LogP contribution in [-0.4, -0.2) is 94.9 Å². The number of fused-ring (bicyclic) bond motifs is 1. The van der Waals surface area contributed by atoms with Crippen molar-refractivity contribution < 1.29 is 23.5 Å². The van der Waals surface area contributed by atoms with Gasteiger partial charge in [-0.15, -0.1) is 11.3 Å². The van der Waals surface area contributed by atoms with Gasteiger partial charge in [-0.25, -0.2) is 9.67 Å². The van der Waals surface area contributed by atoms with Crippen LogP contribution in [0.3, 0.4) is 0 Å². The van der Waals surface area contributed by atoms with Crippen molar-refractivity contribution in [3.05, 3.63) is 51.4 Å². The lowest BCUT2D eigenvalue weighted by Crippen LogP contribution is -2.44. The number of carbonyl (C=O) groups is 1. The number of nitrogens with zero attached hydrogens (tertiary/aromatic N) is 7. The zero-order valence-electron chi connectivity index (χ0n) is 29.5. The molecule has 4 aromatic rings. The van der Waals surface area contributed by atoms with E-state index in [-0.39, 0.29) is 29.9 Å². The number of nitrogens with two attached hydrogens (primary N) is 1. The summed E-state index contributed by atoms with van der Waals surface area (Å²) in [6.07, 6.45) is 6.35. The first-order valence-electron chi connectivity index (χ1n) is 17.1. The summed E-state index contributed by atoms with van der Waals surface area (Å²) >= 11 is 1.48. The Hall–Kier alpha value is -4.36. The molecule has 0 aromatic carbocycles. The highest BCUT2D eigenvalue weighted by Crippen LogP contribution is 2.50. The van der Waals surface area contributed by atoms with E-state index >= 15 is 0 Å². The third-order valence-corrected chi connectivity index (χ3v) is 10.9. The number of rotatable bonds is 13. The van der Waals surface area contributed by atoms with Crippen LogP contribution < -0.4 is 15.8 Å². The number of hydrogen-bond donors (Lipinski definition) is 2. The molecule has 1 saturated heterocycles. The topological polar surface area (TPSA) is 179 Å². The van der Waals surface area contributed by atoms with Gasteiger partial charge in [-0.3, -0.25) is 9.69 Å². The van der Waals surface area contributed by atoms with Crippen molar-refractivity contribution in [3.8, 4) is 29.3 Å². The summed E-state index contributed by atoms with van der Waals surface area (Å²) in [5, 5.41) is 22.6. The van der Waals surface area contributed by atoms with Gasteiger partial charge in [-0.1, -0.05) is 18.5 Å². The van der Waals surface area contributed by atoms with Crippen molar-refractivity contribution in [3.63, 3.8) is 0 Å². The summed E-state index contributed by atoms with van der Waals surface area (Å²) < 4.78 is 25.2. The molecule has 0 unspecified atom stereocenters. The van der Waals surface area contributed by atoms with Crippen LogP contribution in [0, 0.1) is 11.3 Å². The molecule has 15 heteroatoms. The minimum atomic E-state index is -0.608. The molecule has 14 nitrogen and oxygen atoms in total. The zero-order valence-corrected chi connectivity index (χ0v) is 30.3. The van der Waals surface area contributed by atoms with Crippen molar-refractivity contribution in [1.82, 2.24) is 35.1 Å². The van der Waals surface area contributed by atoms with Gasteiger partial charge in [0.25, 0.3) is 5.91 Å². The van der Waals surface area contributed by atoms with Gasteiger partial charge in [-0.05, 0) is 64.6 Å². The fraction of sp³-hybridized carbons (Fsp3) is 0.543. The van der Waals surface area contributed by atoms with E-state index in [1.807, 2.05) is 6.92 Å². The number of aromatic nitrogens is 5. The van der Waals surface area contributed by atoms with Crippen molar-refractivity contribution in [2.45, 2.75) is 83.0 Å². The number of ether oxygens (including phenoxy) is 3. The molecule has 50 heavy (non-hydrogen) atoms. The van der Waals surface area contributed by atoms with Crippen LogP contribution in [0.25, 0.3) is 17.3 Å². The first-order chi connectivity index (χ1) is 24.1. The third-order valence-electron chi connectivity index (χ3n) is 9.84. The molecule has 0 radical (unpaired) electrons. The van der Waals surface area contributed by atoms with E-state index in [1.165, 1.54) is 16.0 Å². The lowest BCUT2D eigenvalue weighted by atomic mass is 9.69. The van der Waals surface area contributed by atoms with Gasteiger partial charge in [0.2, 0.25) is 5.88 Å². The molecule has 1 amide bonds. The van der Waals surface area contributed by atoms with E-state index in [4.69, 9.17) is 34.4 Å². The van der Waals surface area contributed by atoms with E-state index in [1.54, 1.807) is 32.5 Å². The highest BCUT2D eigenvalue weighted by atomic mass is 32.1. The average molecular weight is 704 g/mol. The summed E-state index contributed by atoms with van der Waals surface area (Å²) in [5.74, 6) is 1.39.